The van der Waals surface area contributed by atoms with Crippen LogP contribution >= 0.6 is 0 Å². The maximum Gasteiger partial charge on any atom is 0.0254 e. The van der Waals surface area contributed by atoms with Gasteiger partial charge in [0.25, 0.3) is 0 Å². The fourth-order valence-corrected chi connectivity index (χ4v) is 3.04. The summed E-state index contributed by atoms with van der Waals surface area (Å²) in [6.07, 6.45) is 3.67. The molecule has 1 aliphatic heterocycles. The van der Waals surface area contributed by atoms with Crippen LogP contribution in [0.5, 0.6) is 0 Å². The average Bonchev–Trinajstić information content (AvgIpc) is 2.49. The van der Waals surface area contributed by atoms with Gasteiger partial charge in [0, 0.05) is 18.6 Å². The third kappa shape index (κ3) is 4.32. The van der Waals surface area contributed by atoms with Crippen LogP contribution in [-0.2, 0) is 12.0 Å². The predicted molar refractivity (Wildman–Crippen MR) is 86.9 cm³/mol. The lowest BCUT2D eigenvalue weighted by Gasteiger charge is -2.29. The molecule has 1 fully saturated rings. The zero-order valence-corrected chi connectivity index (χ0v) is 13.6. The largest absolute Gasteiger partial charge is 0.324 e. The molecule has 1 aliphatic rings. The number of nitrogens with zero attached hydrogens (tertiary/aromatic N) is 1. The molecular weight excluding hydrogens is 244 g/mol. The summed E-state index contributed by atoms with van der Waals surface area (Å²) in [4.78, 5) is 2.51. The van der Waals surface area contributed by atoms with Crippen molar-refractivity contribution in [1.29, 1.82) is 0 Å². The van der Waals surface area contributed by atoms with Gasteiger partial charge >= 0.3 is 0 Å². The molecule has 0 saturated carbocycles. The Morgan fingerprint density at radius 1 is 1.15 bits per heavy atom. The molecule has 1 heterocycles. The molecule has 112 valence electrons. The van der Waals surface area contributed by atoms with Gasteiger partial charge in [0.2, 0.25) is 0 Å². The Morgan fingerprint density at radius 3 is 2.40 bits per heavy atom. The molecule has 2 nitrogen and oxygen atoms in total. The van der Waals surface area contributed by atoms with Crippen LogP contribution in [0.1, 0.15) is 58.1 Å². The molecule has 0 radical (unpaired) electrons. The molecule has 1 aromatic carbocycles. The molecule has 20 heavy (non-hydrogen) atoms. The third-order valence-electron chi connectivity index (χ3n) is 4.28. The number of rotatable bonds is 2. The van der Waals surface area contributed by atoms with Crippen LogP contribution in [0.3, 0.4) is 0 Å². The maximum absolute atomic E-state index is 6.36. The van der Waals surface area contributed by atoms with Crippen molar-refractivity contribution >= 4 is 0 Å². The minimum Gasteiger partial charge on any atom is -0.324 e. The van der Waals surface area contributed by atoms with Crippen LogP contribution in [0, 0.1) is 0 Å². The number of nitrogens with two attached hydrogens (primary N) is 1. The van der Waals surface area contributed by atoms with Crippen molar-refractivity contribution in [2.75, 3.05) is 13.1 Å². The summed E-state index contributed by atoms with van der Waals surface area (Å²) in [6, 6.07) is 9.10. The monoisotopic (exact) mass is 274 g/mol. The second-order valence-electron chi connectivity index (χ2n) is 7.77. The third-order valence-corrected chi connectivity index (χ3v) is 4.28. The smallest absolute Gasteiger partial charge is 0.0254 e. The highest BCUT2D eigenvalue weighted by atomic mass is 15.1. The molecule has 1 aromatic rings. The van der Waals surface area contributed by atoms with E-state index in [0.717, 1.165) is 19.5 Å². The van der Waals surface area contributed by atoms with E-state index in [9.17, 15) is 0 Å². The first kappa shape index (κ1) is 15.5. The Balaban J connectivity index is 2.02. The van der Waals surface area contributed by atoms with Gasteiger partial charge < -0.3 is 5.73 Å². The average molecular weight is 274 g/mol. The van der Waals surface area contributed by atoms with Crippen LogP contribution in [-0.4, -0.2) is 23.5 Å². The molecular formula is C18H30N2. The van der Waals surface area contributed by atoms with Crippen molar-refractivity contribution in [3.8, 4) is 0 Å². The lowest BCUT2D eigenvalue weighted by molar-refractivity contribution is 0.228. The van der Waals surface area contributed by atoms with Gasteiger partial charge in [-0.25, -0.2) is 0 Å². The van der Waals surface area contributed by atoms with Crippen molar-refractivity contribution in [2.45, 2.75) is 64.5 Å². The summed E-state index contributed by atoms with van der Waals surface area (Å²) in [5.41, 5.74) is 9.37. The molecule has 1 atom stereocenters. The van der Waals surface area contributed by atoms with Crippen LogP contribution in [0.2, 0.25) is 0 Å². The van der Waals surface area contributed by atoms with Gasteiger partial charge in [-0.05, 0) is 42.9 Å². The van der Waals surface area contributed by atoms with Gasteiger partial charge in [-0.15, -0.1) is 0 Å². The number of hydrogen-bond acceptors (Lipinski definition) is 2. The molecule has 0 spiro atoms. The summed E-state index contributed by atoms with van der Waals surface area (Å²) < 4.78 is 0. The van der Waals surface area contributed by atoms with E-state index < -0.39 is 0 Å². The molecule has 0 bridgehead atoms. The van der Waals surface area contributed by atoms with Crippen molar-refractivity contribution < 1.29 is 0 Å². The summed E-state index contributed by atoms with van der Waals surface area (Å²) in [6.45, 7) is 12.2. The second kappa shape index (κ2) is 5.87. The standard InChI is InChI=1S/C18H30N2/c1-17(2,3)16-9-7-15(8-10-16)13-20-12-6-5-11-18(4,19)14-20/h7-10H,5-6,11-14,19H2,1-4H3. The Hall–Kier alpha value is -0.860. The first-order valence-corrected chi connectivity index (χ1v) is 7.87. The van der Waals surface area contributed by atoms with Crippen molar-refractivity contribution in [1.82, 2.24) is 4.90 Å². The van der Waals surface area contributed by atoms with E-state index in [2.05, 4.69) is 56.9 Å². The van der Waals surface area contributed by atoms with Gasteiger partial charge in [-0.2, -0.15) is 0 Å². The summed E-state index contributed by atoms with van der Waals surface area (Å²) in [5, 5.41) is 0. The van der Waals surface area contributed by atoms with Gasteiger partial charge in [-0.3, -0.25) is 4.90 Å². The SMILES string of the molecule is CC1(N)CCCCN(Cc2ccc(C(C)(C)C)cc2)C1. The second-order valence-corrected chi connectivity index (χ2v) is 7.77. The molecule has 0 amide bonds. The Bertz CT molecular complexity index is 426. The topological polar surface area (TPSA) is 29.3 Å². The van der Waals surface area contributed by atoms with Crippen LogP contribution in [0.15, 0.2) is 24.3 Å². The van der Waals surface area contributed by atoms with Crippen LogP contribution in [0.25, 0.3) is 0 Å². The van der Waals surface area contributed by atoms with E-state index in [4.69, 9.17) is 5.73 Å². The van der Waals surface area contributed by atoms with Crippen molar-refractivity contribution in [3.05, 3.63) is 35.4 Å². The van der Waals surface area contributed by atoms with Crippen molar-refractivity contribution in [2.24, 2.45) is 5.73 Å². The van der Waals surface area contributed by atoms with Crippen molar-refractivity contribution in [3.63, 3.8) is 0 Å². The van der Waals surface area contributed by atoms with E-state index in [1.807, 2.05) is 0 Å². The molecule has 2 N–H and O–H groups in total. The minimum absolute atomic E-state index is 0.0259. The summed E-state index contributed by atoms with van der Waals surface area (Å²) in [7, 11) is 0. The van der Waals surface area contributed by atoms with Crippen LogP contribution in [0.4, 0.5) is 0 Å². The Labute approximate surface area is 124 Å². The summed E-state index contributed by atoms with van der Waals surface area (Å²) >= 11 is 0. The van der Waals surface area contributed by atoms with Gasteiger partial charge in [0.1, 0.15) is 0 Å². The molecule has 1 saturated heterocycles. The minimum atomic E-state index is -0.0259. The zero-order valence-electron chi connectivity index (χ0n) is 13.6. The Morgan fingerprint density at radius 2 is 1.80 bits per heavy atom. The molecule has 2 heteroatoms. The lowest BCUT2D eigenvalue weighted by atomic mass is 9.87. The predicted octanol–water partition coefficient (Wildman–Crippen LogP) is 3.69. The molecule has 0 aliphatic carbocycles. The Kier molecular flexibility index (Phi) is 4.55. The fraction of sp³-hybridized carbons (Fsp3) is 0.667. The van der Waals surface area contributed by atoms with Gasteiger partial charge in [0.15, 0.2) is 0 Å². The van der Waals surface area contributed by atoms with E-state index in [0.29, 0.717) is 0 Å². The van der Waals surface area contributed by atoms with E-state index >= 15 is 0 Å². The number of likely N-dealkylation sites (tertiary alicyclic amines) is 1. The van der Waals surface area contributed by atoms with Gasteiger partial charge in [0.05, 0.1) is 0 Å². The highest BCUT2D eigenvalue weighted by Gasteiger charge is 2.25. The van der Waals surface area contributed by atoms with E-state index in [1.165, 1.54) is 30.5 Å². The number of hydrogen-bond donors (Lipinski definition) is 1. The van der Waals surface area contributed by atoms with E-state index in [-0.39, 0.29) is 11.0 Å². The molecule has 0 aromatic heterocycles. The zero-order chi connectivity index (χ0) is 14.8. The summed E-state index contributed by atoms with van der Waals surface area (Å²) in [5.74, 6) is 0. The van der Waals surface area contributed by atoms with Crippen LogP contribution < -0.4 is 5.73 Å². The first-order valence-electron chi connectivity index (χ1n) is 7.87. The fourth-order valence-electron chi connectivity index (χ4n) is 3.04. The molecule has 2 rings (SSSR count). The highest BCUT2D eigenvalue weighted by molar-refractivity contribution is 5.27. The quantitative estimate of drug-likeness (QED) is 0.891. The highest BCUT2D eigenvalue weighted by Crippen LogP contribution is 2.23. The first-order chi connectivity index (χ1) is 9.26. The van der Waals surface area contributed by atoms with E-state index in [1.54, 1.807) is 0 Å². The molecule has 1 unspecified atom stereocenters. The lowest BCUT2D eigenvalue weighted by Crippen LogP contribution is -2.46. The van der Waals surface area contributed by atoms with Gasteiger partial charge in [-0.1, -0.05) is 51.5 Å². The normalized spacial score (nSPS) is 25.4. The maximum atomic E-state index is 6.36. The number of benzene rings is 1.